The molecule has 5 rings (SSSR count). The summed E-state index contributed by atoms with van der Waals surface area (Å²) in [6.45, 7) is 9.45. The lowest BCUT2D eigenvalue weighted by molar-refractivity contribution is -0.191. The molecule has 5 heteroatoms. The van der Waals surface area contributed by atoms with Crippen LogP contribution in [0.2, 0.25) is 0 Å². The van der Waals surface area contributed by atoms with E-state index in [2.05, 4.69) is 24.0 Å². The highest BCUT2D eigenvalue weighted by Crippen LogP contribution is 2.50. The van der Waals surface area contributed by atoms with Crippen LogP contribution in [0, 0.1) is 11.8 Å². The molecule has 2 unspecified atom stereocenters. The highest BCUT2D eigenvalue weighted by molar-refractivity contribution is 5.87. The minimum atomic E-state index is -0.906. The number of nitrogens with one attached hydrogen (secondary N) is 1. The minimum Gasteiger partial charge on any atom is -0.458 e. The van der Waals surface area contributed by atoms with Crippen LogP contribution in [0.1, 0.15) is 43.5 Å². The number of nitrogens with zero attached hydrogens (tertiary/aromatic N) is 1. The molecular formula is C34H36N2O3. The monoisotopic (exact) mass is 520 g/mol. The third-order valence-electron chi connectivity index (χ3n) is 8.24. The first kappa shape index (κ1) is 26.6. The average Bonchev–Trinajstić information content (AvgIpc) is 3.45. The van der Waals surface area contributed by atoms with Gasteiger partial charge in [0.1, 0.15) is 11.0 Å². The number of carbonyl (C=O) groups is 1. The Kier molecular flexibility index (Phi) is 7.80. The van der Waals surface area contributed by atoms with Crippen LogP contribution in [-0.2, 0) is 21.5 Å². The molecule has 0 amide bonds. The topological polar surface area (TPSA) is 64.4 Å². The summed E-state index contributed by atoms with van der Waals surface area (Å²) in [5, 5.41) is 7.69. The summed E-state index contributed by atoms with van der Waals surface area (Å²) in [4.78, 5) is 14.0. The van der Waals surface area contributed by atoms with Gasteiger partial charge in [-0.05, 0) is 50.3 Å². The molecular weight excluding hydrogens is 484 g/mol. The van der Waals surface area contributed by atoms with E-state index in [1.807, 2.05) is 110 Å². The van der Waals surface area contributed by atoms with E-state index in [1.54, 1.807) is 0 Å². The van der Waals surface area contributed by atoms with Gasteiger partial charge in [0.05, 0.1) is 5.69 Å². The fraction of sp³-hybridized carbons (Fsp3) is 0.294. The first-order valence-corrected chi connectivity index (χ1v) is 13.6. The van der Waals surface area contributed by atoms with Crippen LogP contribution in [0.3, 0.4) is 0 Å². The second kappa shape index (κ2) is 11.4. The van der Waals surface area contributed by atoms with Gasteiger partial charge in [0.25, 0.3) is 0 Å². The molecule has 0 aliphatic heterocycles. The number of hydrogen-bond donors (Lipinski definition) is 1. The molecule has 1 N–H and O–H groups in total. The van der Waals surface area contributed by atoms with Crippen molar-refractivity contribution in [2.24, 2.45) is 11.8 Å². The van der Waals surface area contributed by atoms with E-state index in [-0.39, 0.29) is 11.9 Å². The van der Waals surface area contributed by atoms with Crippen molar-refractivity contribution >= 4 is 5.97 Å². The Morgan fingerprint density at radius 2 is 1.64 bits per heavy atom. The first-order chi connectivity index (χ1) is 18.9. The standard InChI is InChI=1S/C34H36N2O3/c1-4-25-23-33(2,30(25)20-21-35-24-29-22-31(39-36-29)26-14-8-5-9-15-26)38-32(37)34(3,27-16-10-6-11-17-27)28-18-12-7-13-19-28/h4-19,22,25,30,35H,1,20-21,23-24H2,2-3H3/t25?,30?,33-/m0/s1. The van der Waals surface area contributed by atoms with Gasteiger partial charge in [0.15, 0.2) is 5.76 Å². The van der Waals surface area contributed by atoms with Crippen LogP contribution < -0.4 is 5.32 Å². The second-order valence-corrected chi connectivity index (χ2v) is 10.8. The summed E-state index contributed by atoms with van der Waals surface area (Å²) in [7, 11) is 0. The van der Waals surface area contributed by atoms with E-state index in [1.165, 1.54) is 0 Å². The number of ether oxygens (including phenoxy) is 1. The zero-order chi connectivity index (χ0) is 27.3. The largest absolute Gasteiger partial charge is 0.458 e. The van der Waals surface area contributed by atoms with E-state index in [0.29, 0.717) is 12.5 Å². The average molecular weight is 521 g/mol. The Morgan fingerprint density at radius 1 is 1.05 bits per heavy atom. The predicted molar refractivity (Wildman–Crippen MR) is 154 cm³/mol. The molecule has 1 fully saturated rings. The molecule has 0 radical (unpaired) electrons. The molecule has 1 heterocycles. The third kappa shape index (κ3) is 5.45. The van der Waals surface area contributed by atoms with Crippen molar-refractivity contribution in [3.05, 3.63) is 127 Å². The Bertz CT molecular complexity index is 1340. The zero-order valence-corrected chi connectivity index (χ0v) is 22.7. The van der Waals surface area contributed by atoms with Gasteiger partial charge in [-0.1, -0.05) is 102 Å². The summed E-state index contributed by atoms with van der Waals surface area (Å²) < 4.78 is 11.9. The summed E-state index contributed by atoms with van der Waals surface area (Å²) in [5.41, 5.74) is 2.25. The smallest absolute Gasteiger partial charge is 0.321 e. The molecule has 0 saturated heterocycles. The molecule has 1 aliphatic rings. The molecule has 0 bridgehead atoms. The number of allylic oxidation sites excluding steroid dienone is 1. The van der Waals surface area contributed by atoms with Crippen LogP contribution >= 0.6 is 0 Å². The molecule has 1 saturated carbocycles. The van der Waals surface area contributed by atoms with E-state index in [4.69, 9.17) is 9.26 Å². The maximum Gasteiger partial charge on any atom is 0.321 e. The van der Waals surface area contributed by atoms with Gasteiger partial charge in [-0.2, -0.15) is 0 Å². The van der Waals surface area contributed by atoms with Crippen molar-refractivity contribution in [2.45, 2.75) is 44.2 Å². The van der Waals surface area contributed by atoms with E-state index in [9.17, 15) is 4.79 Å². The van der Waals surface area contributed by atoms with E-state index < -0.39 is 11.0 Å². The predicted octanol–water partition coefficient (Wildman–Crippen LogP) is 6.95. The van der Waals surface area contributed by atoms with Crippen LogP contribution in [0.5, 0.6) is 0 Å². The number of rotatable bonds is 11. The van der Waals surface area contributed by atoms with Crippen LogP contribution in [0.4, 0.5) is 0 Å². The second-order valence-electron chi connectivity index (χ2n) is 10.8. The molecule has 0 spiro atoms. The molecule has 200 valence electrons. The Balaban J connectivity index is 1.24. The molecule has 1 aromatic heterocycles. The molecule has 4 aromatic rings. The zero-order valence-electron chi connectivity index (χ0n) is 22.7. The maximum atomic E-state index is 14.0. The maximum absolute atomic E-state index is 14.0. The lowest BCUT2D eigenvalue weighted by Crippen LogP contribution is -2.56. The summed E-state index contributed by atoms with van der Waals surface area (Å²) in [6.07, 6.45) is 3.63. The number of esters is 1. The van der Waals surface area contributed by atoms with Gasteiger partial charge in [0, 0.05) is 24.1 Å². The lowest BCUT2D eigenvalue weighted by Gasteiger charge is -2.52. The van der Waals surface area contributed by atoms with Crippen molar-refractivity contribution in [3.63, 3.8) is 0 Å². The normalized spacial score (nSPS) is 20.7. The minimum absolute atomic E-state index is 0.180. The van der Waals surface area contributed by atoms with Crippen molar-refractivity contribution in [2.75, 3.05) is 6.54 Å². The van der Waals surface area contributed by atoms with E-state index >= 15 is 0 Å². The van der Waals surface area contributed by atoms with Crippen LogP contribution in [-0.4, -0.2) is 23.3 Å². The Morgan fingerprint density at radius 3 is 2.23 bits per heavy atom. The van der Waals surface area contributed by atoms with Gasteiger partial charge in [-0.25, -0.2) is 0 Å². The quantitative estimate of drug-likeness (QED) is 0.132. The van der Waals surface area contributed by atoms with Crippen molar-refractivity contribution in [1.82, 2.24) is 10.5 Å². The van der Waals surface area contributed by atoms with Crippen molar-refractivity contribution in [3.8, 4) is 11.3 Å². The highest BCUT2D eigenvalue weighted by Gasteiger charge is 2.54. The molecule has 3 aromatic carbocycles. The Labute approximate surface area is 230 Å². The summed E-state index contributed by atoms with van der Waals surface area (Å²) in [6, 6.07) is 31.7. The third-order valence-corrected chi connectivity index (χ3v) is 8.24. The lowest BCUT2D eigenvalue weighted by atomic mass is 9.60. The van der Waals surface area contributed by atoms with Gasteiger partial charge in [-0.15, -0.1) is 6.58 Å². The number of aromatic nitrogens is 1. The number of carbonyl (C=O) groups excluding carboxylic acids is 1. The van der Waals surface area contributed by atoms with Crippen LogP contribution in [0.15, 0.2) is 114 Å². The van der Waals surface area contributed by atoms with Gasteiger partial charge in [0.2, 0.25) is 0 Å². The Hall–Kier alpha value is -3.96. The SMILES string of the molecule is C=CC1C[C@](C)(OC(=O)C(C)(c2ccccc2)c2ccccc2)C1CCNCc1cc(-c2ccccc2)on1. The highest BCUT2D eigenvalue weighted by atomic mass is 16.6. The van der Waals surface area contributed by atoms with Crippen molar-refractivity contribution in [1.29, 1.82) is 0 Å². The fourth-order valence-corrected chi connectivity index (χ4v) is 5.81. The van der Waals surface area contributed by atoms with Gasteiger partial charge in [-0.3, -0.25) is 4.79 Å². The molecule has 5 nitrogen and oxygen atoms in total. The molecule has 3 atom stereocenters. The fourth-order valence-electron chi connectivity index (χ4n) is 5.81. The summed E-state index contributed by atoms with van der Waals surface area (Å²) >= 11 is 0. The first-order valence-electron chi connectivity index (χ1n) is 13.6. The van der Waals surface area contributed by atoms with Crippen molar-refractivity contribution < 1.29 is 14.1 Å². The molecule has 39 heavy (non-hydrogen) atoms. The number of hydrogen-bond acceptors (Lipinski definition) is 5. The van der Waals surface area contributed by atoms with Crippen LogP contribution in [0.25, 0.3) is 11.3 Å². The van der Waals surface area contributed by atoms with Gasteiger partial charge >= 0.3 is 5.97 Å². The summed E-state index contributed by atoms with van der Waals surface area (Å²) in [5.74, 6) is 1.02. The number of benzene rings is 3. The van der Waals surface area contributed by atoms with E-state index in [0.717, 1.165) is 47.5 Å². The molecule has 1 aliphatic carbocycles. The van der Waals surface area contributed by atoms with Gasteiger partial charge < -0.3 is 14.6 Å².